The van der Waals surface area contributed by atoms with Crippen LogP contribution in [-0.4, -0.2) is 14.3 Å². The molecule has 0 amide bonds. The van der Waals surface area contributed by atoms with Gasteiger partial charge < -0.3 is 4.57 Å². The summed E-state index contributed by atoms with van der Waals surface area (Å²) in [5.74, 6) is 0. The molecule has 0 aliphatic rings. The first-order valence-corrected chi connectivity index (χ1v) is 14.2. The van der Waals surface area contributed by atoms with E-state index in [1.54, 1.807) is 16.8 Å². The van der Waals surface area contributed by atoms with Crippen LogP contribution in [0.5, 0.6) is 0 Å². The van der Waals surface area contributed by atoms with Gasteiger partial charge in [-0.2, -0.15) is 23.5 Å². The van der Waals surface area contributed by atoms with Crippen molar-refractivity contribution in [2.45, 2.75) is 32.1 Å². The van der Waals surface area contributed by atoms with E-state index in [4.69, 9.17) is 0 Å². The highest BCUT2D eigenvalue weighted by molar-refractivity contribution is 5.68. The number of aryl methyl sites for hydroxylation is 1. The fourth-order valence-electron chi connectivity index (χ4n) is 6.09. The third-order valence-corrected chi connectivity index (χ3v) is 8.18. The molecule has 0 saturated carbocycles. The molecule has 2 aromatic heterocycles. The molecule has 7 heteroatoms. The van der Waals surface area contributed by atoms with E-state index in [0.29, 0.717) is 11.3 Å². The van der Waals surface area contributed by atoms with E-state index in [9.17, 15) is 18.4 Å². The van der Waals surface area contributed by atoms with Crippen LogP contribution in [0, 0.1) is 25.2 Å². The van der Waals surface area contributed by atoms with Gasteiger partial charge in [-0.15, -0.1) is 0 Å². The zero-order chi connectivity index (χ0) is 30.9. The molecule has 218 valence electrons. The number of alkyl halides is 3. The topological polar surface area (TPSA) is 46.5 Å². The van der Waals surface area contributed by atoms with Gasteiger partial charge >= 0.3 is 6.18 Å². The van der Waals surface area contributed by atoms with Crippen LogP contribution in [-0.2, 0) is 18.3 Å². The molecule has 2 heterocycles. The van der Waals surface area contributed by atoms with Gasteiger partial charge in [0, 0.05) is 17.0 Å². The molecular weight excluding hydrogens is 557 g/mol. The SMILES string of the molecule is Cc1cc(-c2ccc(C#N)cc2)c(C)n1Cc1cc(C(F)(F)F)nn1C(c1ccccc1)(c1ccccc1)c1ccccc1. The first kappa shape index (κ1) is 28.8. The Bertz CT molecular complexity index is 1830. The average molecular weight is 587 g/mol. The van der Waals surface area contributed by atoms with Gasteiger partial charge in [0.2, 0.25) is 0 Å². The highest BCUT2D eigenvalue weighted by Gasteiger charge is 2.44. The van der Waals surface area contributed by atoms with E-state index in [0.717, 1.165) is 39.2 Å². The van der Waals surface area contributed by atoms with E-state index in [-0.39, 0.29) is 6.54 Å². The second kappa shape index (κ2) is 11.4. The monoisotopic (exact) mass is 586 g/mol. The summed E-state index contributed by atoms with van der Waals surface area (Å²) in [5.41, 5.74) is 4.86. The van der Waals surface area contributed by atoms with Gasteiger partial charge in [-0.3, -0.25) is 0 Å². The molecule has 6 rings (SSSR count). The van der Waals surface area contributed by atoms with Gasteiger partial charge in [0.15, 0.2) is 5.69 Å². The predicted octanol–water partition coefficient (Wildman–Crippen LogP) is 8.75. The van der Waals surface area contributed by atoms with E-state index < -0.39 is 17.4 Å². The van der Waals surface area contributed by atoms with Crippen LogP contribution >= 0.6 is 0 Å². The molecular formula is C37H29F3N4. The van der Waals surface area contributed by atoms with Crippen molar-refractivity contribution in [2.75, 3.05) is 0 Å². The lowest BCUT2D eigenvalue weighted by atomic mass is 9.77. The van der Waals surface area contributed by atoms with Gasteiger partial charge in [-0.1, -0.05) is 103 Å². The van der Waals surface area contributed by atoms with Gasteiger partial charge in [-0.25, -0.2) is 4.68 Å². The number of halogens is 3. The lowest BCUT2D eigenvalue weighted by molar-refractivity contribution is -0.141. The normalized spacial score (nSPS) is 11.8. The molecule has 0 radical (unpaired) electrons. The second-order valence-electron chi connectivity index (χ2n) is 10.8. The van der Waals surface area contributed by atoms with Crippen molar-refractivity contribution < 1.29 is 13.2 Å². The molecule has 0 bridgehead atoms. The molecule has 0 unspecified atom stereocenters. The predicted molar refractivity (Wildman–Crippen MR) is 165 cm³/mol. The van der Waals surface area contributed by atoms with Crippen LogP contribution in [0.4, 0.5) is 13.2 Å². The molecule has 0 aliphatic carbocycles. The molecule has 44 heavy (non-hydrogen) atoms. The molecule has 6 aromatic rings. The molecule has 4 aromatic carbocycles. The van der Waals surface area contributed by atoms with Crippen molar-refractivity contribution in [3.05, 3.63) is 172 Å². The maximum atomic E-state index is 14.5. The Hall–Kier alpha value is -5.35. The molecule has 0 N–H and O–H groups in total. The lowest BCUT2D eigenvalue weighted by Gasteiger charge is -2.38. The first-order valence-electron chi connectivity index (χ1n) is 14.2. The lowest BCUT2D eigenvalue weighted by Crippen LogP contribution is -2.40. The number of hydrogen-bond donors (Lipinski definition) is 0. The van der Waals surface area contributed by atoms with Crippen LogP contribution in [0.1, 0.15) is 45.0 Å². The van der Waals surface area contributed by atoms with Gasteiger partial charge in [0.1, 0.15) is 5.54 Å². The highest BCUT2D eigenvalue weighted by atomic mass is 19.4. The van der Waals surface area contributed by atoms with Gasteiger partial charge in [-0.05, 0) is 60.4 Å². The maximum Gasteiger partial charge on any atom is 0.435 e. The number of hydrogen-bond acceptors (Lipinski definition) is 2. The minimum atomic E-state index is -4.65. The van der Waals surface area contributed by atoms with E-state index in [1.807, 2.05) is 128 Å². The van der Waals surface area contributed by atoms with Crippen LogP contribution in [0.25, 0.3) is 11.1 Å². The summed E-state index contributed by atoms with van der Waals surface area (Å²) in [6.45, 7) is 4.07. The molecule has 4 nitrogen and oxygen atoms in total. The van der Waals surface area contributed by atoms with Crippen LogP contribution in [0.3, 0.4) is 0 Å². The fourth-order valence-corrected chi connectivity index (χ4v) is 6.09. The Morgan fingerprint density at radius 3 is 1.66 bits per heavy atom. The number of nitriles is 1. The van der Waals surface area contributed by atoms with Crippen LogP contribution < -0.4 is 0 Å². The Kier molecular flexibility index (Phi) is 7.44. The zero-order valence-electron chi connectivity index (χ0n) is 24.3. The van der Waals surface area contributed by atoms with Crippen molar-refractivity contribution in [1.82, 2.24) is 14.3 Å². The summed E-state index contributed by atoms with van der Waals surface area (Å²) < 4.78 is 47.0. The van der Waals surface area contributed by atoms with Crippen LogP contribution in [0.2, 0.25) is 0 Å². The molecule has 0 aliphatic heterocycles. The third kappa shape index (κ3) is 4.99. The number of rotatable bonds is 7. The fraction of sp³-hybridized carbons (Fsp3) is 0.135. The zero-order valence-corrected chi connectivity index (χ0v) is 24.3. The first-order chi connectivity index (χ1) is 21.2. The van der Waals surface area contributed by atoms with Crippen molar-refractivity contribution in [3.63, 3.8) is 0 Å². The van der Waals surface area contributed by atoms with E-state index in [2.05, 4.69) is 11.2 Å². The molecule has 0 atom stereocenters. The summed E-state index contributed by atoms with van der Waals surface area (Å²) >= 11 is 0. The molecule has 0 spiro atoms. The highest BCUT2D eigenvalue weighted by Crippen LogP contribution is 2.43. The molecule has 0 saturated heterocycles. The Morgan fingerprint density at radius 2 is 1.20 bits per heavy atom. The molecule has 0 fully saturated rings. The Morgan fingerprint density at radius 1 is 0.705 bits per heavy atom. The number of nitrogens with zero attached hydrogens (tertiary/aromatic N) is 4. The van der Waals surface area contributed by atoms with Gasteiger partial charge in [0.05, 0.1) is 23.9 Å². The average Bonchev–Trinajstić information content (AvgIpc) is 3.60. The van der Waals surface area contributed by atoms with Crippen molar-refractivity contribution in [1.29, 1.82) is 5.26 Å². The summed E-state index contributed by atoms with van der Waals surface area (Å²) in [5, 5.41) is 13.6. The summed E-state index contributed by atoms with van der Waals surface area (Å²) in [7, 11) is 0. The minimum Gasteiger partial charge on any atom is -0.343 e. The minimum absolute atomic E-state index is 0.158. The second-order valence-corrected chi connectivity index (χ2v) is 10.8. The van der Waals surface area contributed by atoms with E-state index >= 15 is 0 Å². The van der Waals surface area contributed by atoms with Crippen molar-refractivity contribution in [3.8, 4) is 17.2 Å². The van der Waals surface area contributed by atoms with Crippen molar-refractivity contribution >= 4 is 0 Å². The Labute approximate surface area is 254 Å². The largest absolute Gasteiger partial charge is 0.435 e. The summed E-state index contributed by atoms with van der Waals surface area (Å²) in [4.78, 5) is 0. The summed E-state index contributed by atoms with van der Waals surface area (Å²) in [6.07, 6.45) is -4.65. The van der Waals surface area contributed by atoms with Gasteiger partial charge in [0.25, 0.3) is 0 Å². The van der Waals surface area contributed by atoms with E-state index in [1.165, 1.54) is 6.07 Å². The maximum absolute atomic E-state index is 14.5. The Balaban J connectivity index is 1.62. The quantitative estimate of drug-likeness (QED) is 0.176. The summed E-state index contributed by atoms with van der Waals surface area (Å²) in [6, 6.07) is 41.3. The smallest absolute Gasteiger partial charge is 0.343 e. The number of aromatic nitrogens is 3. The third-order valence-electron chi connectivity index (χ3n) is 8.18. The van der Waals surface area contributed by atoms with Crippen molar-refractivity contribution in [2.24, 2.45) is 0 Å². The van der Waals surface area contributed by atoms with Crippen LogP contribution in [0.15, 0.2) is 127 Å². The standard InChI is InChI=1S/C37H29F3N4/c1-26-22-34(29-20-18-28(24-41)19-21-29)27(2)43(26)25-33-23-35(37(38,39)40)42-44(33)36(30-12-6-3-7-13-30,31-14-8-4-9-15-31)32-16-10-5-11-17-32/h3-23H,25H2,1-2H3. The number of benzene rings is 4.